The molecule has 0 radical (unpaired) electrons. The summed E-state index contributed by atoms with van der Waals surface area (Å²) in [5.41, 5.74) is 0.621. The van der Waals surface area contributed by atoms with Gasteiger partial charge in [0.05, 0.1) is 11.7 Å². The van der Waals surface area contributed by atoms with E-state index < -0.39 is 5.60 Å². The molecule has 2 rings (SSSR count). The molecule has 0 spiro atoms. The highest BCUT2D eigenvalue weighted by molar-refractivity contribution is 5.95. The molecular formula is C12H17NO2. The highest BCUT2D eigenvalue weighted by Crippen LogP contribution is 2.53. The highest BCUT2D eigenvalue weighted by Gasteiger charge is 2.60. The lowest BCUT2D eigenvalue weighted by Crippen LogP contribution is -2.60. The maximum Gasteiger partial charge on any atom is 0.176 e. The van der Waals surface area contributed by atoms with Gasteiger partial charge in [0.25, 0.3) is 0 Å². The Morgan fingerprint density at radius 1 is 1.73 bits per heavy atom. The molecule has 1 heterocycles. The standard InChI is InChI=1S/C12H17NO2/c1-5-13-10-6-7(2)12(10,15)8(3)11(13)9(4)14/h5,7,10,15H,1,6H2,2-4H3/t7-,10+,12?/m0/s1. The maximum absolute atomic E-state index is 11.5. The van der Waals surface area contributed by atoms with E-state index in [0.717, 1.165) is 12.0 Å². The first kappa shape index (κ1) is 10.4. The fourth-order valence-corrected chi connectivity index (χ4v) is 3.01. The number of hydrogen-bond donors (Lipinski definition) is 1. The van der Waals surface area contributed by atoms with Crippen LogP contribution in [0.5, 0.6) is 0 Å². The number of fused-ring (bicyclic) bond motifs is 1. The van der Waals surface area contributed by atoms with E-state index in [2.05, 4.69) is 6.58 Å². The van der Waals surface area contributed by atoms with Gasteiger partial charge in [0, 0.05) is 6.92 Å². The van der Waals surface area contributed by atoms with Crippen LogP contribution in [-0.4, -0.2) is 27.4 Å². The molecule has 0 aromatic carbocycles. The Bertz CT molecular complexity index is 372. The zero-order valence-electron chi connectivity index (χ0n) is 9.45. The summed E-state index contributed by atoms with van der Waals surface area (Å²) in [5.74, 6) is 0.226. The van der Waals surface area contributed by atoms with Crippen molar-refractivity contribution >= 4 is 5.78 Å². The molecule has 3 nitrogen and oxygen atoms in total. The minimum atomic E-state index is -0.810. The lowest BCUT2D eigenvalue weighted by Gasteiger charge is -2.50. The number of aliphatic hydroxyl groups is 1. The van der Waals surface area contributed by atoms with E-state index >= 15 is 0 Å². The van der Waals surface area contributed by atoms with Crippen LogP contribution < -0.4 is 0 Å². The van der Waals surface area contributed by atoms with Crippen LogP contribution in [0.1, 0.15) is 27.2 Å². The van der Waals surface area contributed by atoms with Crippen molar-refractivity contribution in [3.63, 3.8) is 0 Å². The minimum absolute atomic E-state index is 0.00225. The molecule has 0 bridgehead atoms. The summed E-state index contributed by atoms with van der Waals surface area (Å²) in [7, 11) is 0. The van der Waals surface area contributed by atoms with Gasteiger partial charge in [-0.2, -0.15) is 0 Å². The van der Waals surface area contributed by atoms with Crippen molar-refractivity contribution in [1.82, 2.24) is 4.90 Å². The smallest absolute Gasteiger partial charge is 0.176 e. The fraction of sp³-hybridized carbons (Fsp3) is 0.583. The molecule has 1 aliphatic carbocycles. The van der Waals surface area contributed by atoms with Crippen LogP contribution in [-0.2, 0) is 4.79 Å². The summed E-state index contributed by atoms with van der Waals surface area (Å²) in [4.78, 5) is 13.4. The van der Waals surface area contributed by atoms with Gasteiger partial charge in [0.1, 0.15) is 5.60 Å². The number of nitrogens with zero attached hydrogens (tertiary/aromatic N) is 1. The number of carbonyl (C=O) groups excluding carboxylic acids is 1. The lowest BCUT2D eigenvalue weighted by atomic mass is 9.64. The second-order valence-electron chi connectivity index (χ2n) is 4.60. The number of ketones is 1. The second kappa shape index (κ2) is 2.95. The third-order valence-corrected chi connectivity index (χ3v) is 3.92. The molecule has 0 aromatic heterocycles. The van der Waals surface area contributed by atoms with Gasteiger partial charge in [-0.3, -0.25) is 4.79 Å². The minimum Gasteiger partial charge on any atom is -0.383 e. The molecule has 1 aliphatic heterocycles. The zero-order valence-corrected chi connectivity index (χ0v) is 9.45. The molecule has 0 aromatic rings. The van der Waals surface area contributed by atoms with Crippen LogP contribution in [0.2, 0.25) is 0 Å². The summed E-state index contributed by atoms with van der Waals surface area (Å²) in [5, 5.41) is 10.5. The van der Waals surface area contributed by atoms with E-state index in [1.807, 2.05) is 18.7 Å². The average Bonchev–Trinajstić information content (AvgIpc) is 2.36. The number of allylic oxidation sites excluding steroid dienone is 1. The average molecular weight is 207 g/mol. The van der Waals surface area contributed by atoms with Crippen molar-refractivity contribution in [3.8, 4) is 0 Å². The highest BCUT2D eigenvalue weighted by atomic mass is 16.3. The third kappa shape index (κ3) is 1.01. The van der Waals surface area contributed by atoms with E-state index in [9.17, 15) is 9.90 Å². The quantitative estimate of drug-likeness (QED) is 0.745. The predicted octanol–water partition coefficient (Wildman–Crippen LogP) is 1.45. The van der Waals surface area contributed by atoms with Crippen LogP contribution >= 0.6 is 0 Å². The molecular weight excluding hydrogens is 190 g/mol. The Balaban J connectivity index is 2.50. The molecule has 1 saturated carbocycles. The van der Waals surface area contributed by atoms with Gasteiger partial charge in [-0.05, 0) is 31.0 Å². The van der Waals surface area contributed by atoms with Gasteiger partial charge < -0.3 is 10.0 Å². The predicted molar refractivity (Wildman–Crippen MR) is 57.9 cm³/mol. The number of rotatable bonds is 2. The second-order valence-corrected chi connectivity index (χ2v) is 4.60. The molecule has 0 saturated heterocycles. The van der Waals surface area contributed by atoms with Gasteiger partial charge in [-0.15, -0.1) is 0 Å². The van der Waals surface area contributed by atoms with Crippen molar-refractivity contribution < 1.29 is 9.90 Å². The van der Waals surface area contributed by atoms with Gasteiger partial charge in [0.2, 0.25) is 0 Å². The molecule has 0 amide bonds. The molecule has 1 unspecified atom stereocenters. The summed E-state index contributed by atoms with van der Waals surface area (Å²) >= 11 is 0. The Hall–Kier alpha value is -1.09. The van der Waals surface area contributed by atoms with Crippen molar-refractivity contribution in [2.45, 2.75) is 38.8 Å². The Kier molecular flexibility index (Phi) is 2.05. The van der Waals surface area contributed by atoms with Crippen molar-refractivity contribution in [1.29, 1.82) is 0 Å². The number of hydrogen-bond acceptors (Lipinski definition) is 3. The van der Waals surface area contributed by atoms with Crippen LogP contribution in [0.4, 0.5) is 0 Å². The Labute approximate surface area is 90.1 Å². The van der Waals surface area contributed by atoms with Gasteiger partial charge in [-0.25, -0.2) is 0 Å². The summed E-state index contributed by atoms with van der Waals surface area (Å²) in [6, 6.07) is 0.0175. The van der Waals surface area contributed by atoms with E-state index in [0.29, 0.717) is 5.70 Å². The molecule has 3 atom stereocenters. The van der Waals surface area contributed by atoms with Gasteiger partial charge in [0.15, 0.2) is 5.78 Å². The first-order chi connectivity index (χ1) is 6.94. The first-order valence-electron chi connectivity index (χ1n) is 5.30. The van der Waals surface area contributed by atoms with Crippen LogP contribution in [0, 0.1) is 5.92 Å². The lowest BCUT2D eigenvalue weighted by molar-refractivity contribution is -0.116. The topological polar surface area (TPSA) is 40.5 Å². The van der Waals surface area contributed by atoms with Crippen LogP contribution in [0.15, 0.2) is 24.0 Å². The Morgan fingerprint density at radius 2 is 2.33 bits per heavy atom. The largest absolute Gasteiger partial charge is 0.383 e. The first-order valence-corrected chi connectivity index (χ1v) is 5.30. The fourth-order valence-electron chi connectivity index (χ4n) is 3.01. The van der Waals surface area contributed by atoms with E-state index in [1.54, 1.807) is 6.20 Å². The van der Waals surface area contributed by atoms with Gasteiger partial charge >= 0.3 is 0 Å². The number of carbonyl (C=O) groups is 1. The zero-order chi connectivity index (χ0) is 11.4. The maximum atomic E-state index is 11.5. The SMILES string of the molecule is C=CN1C(C(C)=O)=C(C)C2(O)[C@@H](C)C[C@@H]12. The molecule has 15 heavy (non-hydrogen) atoms. The Morgan fingerprint density at radius 3 is 2.73 bits per heavy atom. The molecule has 82 valence electrons. The molecule has 1 N–H and O–H groups in total. The third-order valence-electron chi connectivity index (χ3n) is 3.92. The normalized spacial score (nSPS) is 38.8. The van der Waals surface area contributed by atoms with E-state index in [1.165, 1.54) is 6.92 Å². The van der Waals surface area contributed by atoms with Crippen molar-refractivity contribution in [2.75, 3.05) is 0 Å². The van der Waals surface area contributed by atoms with Crippen LogP contribution in [0.3, 0.4) is 0 Å². The molecule has 1 fully saturated rings. The van der Waals surface area contributed by atoms with Crippen molar-refractivity contribution in [2.24, 2.45) is 5.92 Å². The van der Waals surface area contributed by atoms with E-state index in [-0.39, 0.29) is 17.7 Å². The summed E-state index contributed by atoms with van der Waals surface area (Å²) in [6.07, 6.45) is 2.56. The van der Waals surface area contributed by atoms with E-state index in [4.69, 9.17) is 0 Å². The monoisotopic (exact) mass is 207 g/mol. The van der Waals surface area contributed by atoms with Crippen LogP contribution in [0.25, 0.3) is 0 Å². The van der Waals surface area contributed by atoms with Crippen molar-refractivity contribution in [3.05, 3.63) is 24.0 Å². The molecule has 3 heteroatoms. The molecule has 2 aliphatic rings. The summed E-state index contributed by atoms with van der Waals surface area (Å²) in [6.45, 7) is 9.12. The summed E-state index contributed by atoms with van der Waals surface area (Å²) < 4.78 is 0. The van der Waals surface area contributed by atoms with Gasteiger partial charge in [-0.1, -0.05) is 13.5 Å². The number of Topliss-reactive ketones (excluding diaryl/α,β-unsaturated/α-hetero) is 1.